The molecular formula is C16H8Cl2N2O2. The number of H-pyrrole nitrogens is 1. The average Bonchev–Trinajstić information content (AvgIpc) is 2.87. The lowest BCUT2D eigenvalue weighted by atomic mass is 10.1. The summed E-state index contributed by atoms with van der Waals surface area (Å²) in [5.74, 6) is -1.08. The Hall–Kier alpha value is -2.30. The molecule has 0 radical (unpaired) electrons. The molecule has 0 spiro atoms. The Morgan fingerprint density at radius 2 is 1.91 bits per heavy atom. The van der Waals surface area contributed by atoms with Gasteiger partial charge in [-0.05, 0) is 18.2 Å². The number of hydrogen-bond acceptors (Lipinski definition) is 2. The zero-order valence-corrected chi connectivity index (χ0v) is 12.5. The van der Waals surface area contributed by atoms with E-state index in [0.717, 1.165) is 10.9 Å². The molecule has 22 heavy (non-hydrogen) atoms. The average molecular weight is 331 g/mol. The topological polar surface area (TPSA) is 66.0 Å². The van der Waals surface area contributed by atoms with E-state index in [1.165, 1.54) is 0 Å². The zero-order chi connectivity index (χ0) is 15.4. The maximum atomic E-state index is 11.8. The van der Waals surface area contributed by atoms with Crippen LogP contribution in [-0.4, -0.2) is 21.0 Å². The van der Waals surface area contributed by atoms with Crippen molar-refractivity contribution in [2.24, 2.45) is 0 Å². The van der Waals surface area contributed by atoms with E-state index in [2.05, 4.69) is 9.97 Å². The summed E-state index contributed by atoms with van der Waals surface area (Å²) in [7, 11) is 0. The second kappa shape index (κ2) is 4.60. The number of pyridine rings is 1. The van der Waals surface area contributed by atoms with Crippen LogP contribution in [0.5, 0.6) is 0 Å². The number of carbonyl (C=O) groups is 1. The summed E-state index contributed by atoms with van der Waals surface area (Å²) >= 11 is 12.3. The van der Waals surface area contributed by atoms with Gasteiger partial charge in [-0.25, -0.2) is 9.78 Å². The van der Waals surface area contributed by atoms with Gasteiger partial charge < -0.3 is 10.1 Å². The van der Waals surface area contributed by atoms with E-state index >= 15 is 0 Å². The molecule has 2 heterocycles. The number of hydrogen-bond donors (Lipinski definition) is 2. The maximum absolute atomic E-state index is 11.8. The second-order valence-corrected chi connectivity index (χ2v) is 5.73. The molecule has 108 valence electrons. The normalized spacial score (nSPS) is 11.5. The molecule has 4 aromatic rings. The molecule has 0 fully saturated rings. The Labute approximate surface area is 134 Å². The number of carboxylic acid groups (broad SMARTS) is 1. The van der Waals surface area contributed by atoms with Gasteiger partial charge in [0.15, 0.2) is 0 Å². The number of para-hydroxylation sites is 1. The number of halogens is 2. The van der Waals surface area contributed by atoms with E-state index in [-0.39, 0.29) is 10.6 Å². The Kier molecular flexibility index (Phi) is 2.79. The first kappa shape index (κ1) is 13.4. The largest absolute Gasteiger partial charge is 0.478 e. The predicted octanol–water partition coefficient (Wildman–Crippen LogP) is 4.87. The number of aromatic nitrogens is 2. The first-order valence-electron chi connectivity index (χ1n) is 6.49. The second-order valence-electron chi connectivity index (χ2n) is 4.94. The van der Waals surface area contributed by atoms with E-state index in [9.17, 15) is 9.90 Å². The van der Waals surface area contributed by atoms with Crippen molar-refractivity contribution >= 4 is 62.0 Å². The number of rotatable bonds is 1. The molecule has 6 heteroatoms. The van der Waals surface area contributed by atoms with Crippen molar-refractivity contribution in [1.29, 1.82) is 0 Å². The van der Waals surface area contributed by atoms with Gasteiger partial charge in [-0.1, -0.05) is 41.4 Å². The molecule has 0 aliphatic heterocycles. The lowest BCUT2D eigenvalue weighted by Crippen LogP contribution is -2.01. The summed E-state index contributed by atoms with van der Waals surface area (Å²) in [6.07, 6.45) is 0. The van der Waals surface area contributed by atoms with Gasteiger partial charge in [0.25, 0.3) is 0 Å². The molecule has 2 N–H and O–H groups in total. The minimum atomic E-state index is -1.08. The summed E-state index contributed by atoms with van der Waals surface area (Å²) in [6, 6.07) is 10.8. The number of benzene rings is 2. The fraction of sp³-hybridized carbons (Fsp3) is 0. The van der Waals surface area contributed by atoms with Crippen LogP contribution in [-0.2, 0) is 0 Å². The third-order valence-corrected chi connectivity index (χ3v) is 4.50. The van der Waals surface area contributed by atoms with Crippen LogP contribution in [0.4, 0.5) is 0 Å². The lowest BCUT2D eigenvalue weighted by molar-refractivity contribution is 0.0701. The van der Waals surface area contributed by atoms with Gasteiger partial charge in [0.05, 0.1) is 32.2 Å². The molecule has 0 aliphatic carbocycles. The highest BCUT2D eigenvalue weighted by Gasteiger charge is 2.21. The third-order valence-electron chi connectivity index (χ3n) is 3.70. The minimum Gasteiger partial charge on any atom is -0.478 e. The van der Waals surface area contributed by atoms with Gasteiger partial charge in [0.2, 0.25) is 0 Å². The quantitative estimate of drug-likeness (QED) is 0.523. The van der Waals surface area contributed by atoms with Gasteiger partial charge in [0.1, 0.15) is 0 Å². The Morgan fingerprint density at radius 3 is 2.68 bits per heavy atom. The van der Waals surface area contributed by atoms with E-state index in [0.29, 0.717) is 27.0 Å². The summed E-state index contributed by atoms with van der Waals surface area (Å²) < 4.78 is 0. The molecule has 0 bridgehead atoms. The molecule has 0 saturated carbocycles. The monoisotopic (exact) mass is 330 g/mol. The van der Waals surface area contributed by atoms with Crippen LogP contribution in [0.3, 0.4) is 0 Å². The summed E-state index contributed by atoms with van der Waals surface area (Å²) in [5.41, 5.74) is 2.47. The van der Waals surface area contributed by atoms with Gasteiger partial charge in [-0.2, -0.15) is 0 Å². The van der Waals surface area contributed by atoms with Crippen LogP contribution in [0.15, 0.2) is 36.4 Å². The van der Waals surface area contributed by atoms with Crippen LogP contribution >= 0.6 is 23.2 Å². The highest BCUT2D eigenvalue weighted by atomic mass is 35.5. The van der Waals surface area contributed by atoms with E-state index in [1.807, 2.05) is 24.3 Å². The predicted molar refractivity (Wildman–Crippen MR) is 88.1 cm³/mol. The number of nitrogens with one attached hydrogen (secondary N) is 1. The fourth-order valence-electron chi connectivity index (χ4n) is 2.75. The maximum Gasteiger partial charge on any atom is 0.338 e. The molecule has 4 nitrogen and oxygen atoms in total. The van der Waals surface area contributed by atoms with Crippen LogP contribution in [0, 0.1) is 0 Å². The van der Waals surface area contributed by atoms with Crippen LogP contribution in [0.2, 0.25) is 10.0 Å². The van der Waals surface area contributed by atoms with Crippen molar-refractivity contribution in [2.45, 2.75) is 0 Å². The minimum absolute atomic E-state index is 0.0868. The number of fused-ring (bicyclic) bond motifs is 4. The van der Waals surface area contributed by atoms with Crippen molar-refractivity contribution in [3.05, 3.63) is 52.0 Å². The van der Waals surface area contributed by atoms with Crippen molar-refractivity contribution in [3.8, 4) is 0 Å². The molecule has 0 amide bonds. The fourth-order valence-corrected chi connectivity index (χ4v) is 3.17. The van der Waals surface area contributed by atoms with Gasteiger partial charge in [0, 0.05) is 16.3 Å². The number of nitrogens with zero attached hydrogens (tertiary/aromatic N) is 1. The molecule has 2 aromatic carbocycles. The molecular weight excluding hydrogens is 323 g/mol. The Morgan fingerprint density at radius 1 is 1.14 bits per heavy atom. The van der Waals surface area contributed by atoms with E-state index < -0.39 is 5.97 Å². The van der Waals surface area contributed by atoms with E-state index in [1.54, 1.807) is 12.1 Å². The smallest absolute Gasteiger partial charge is 0.338 e. The molecule has 4 rings (SSSR count). The van der Waals surface area contributed by atoms with Crippen LogP contribution < -0.4 is 0 Å². The molecule has 2 aromatic heterocycles. The van der Waals surface area contributed by atoms with Crippen molar-refractivity contribution in [1.82, 2.24) is 9.97 Å². The van der Waals surface area contributed by atoms with Crippen molar-refractivity contribution in [3.63, 3.8) is 0 Å². The number of aromatic amines is 1. The zero-order valence-electron chi connectivity index (χ0n) is 11.0. The SMILES string of the molecule is O=C(O)c1c2[nH]c3ccccc3c2nc2ccc(Cl)c(Cl)c12. The number of carboxylic acids is 1. The van der Waals surface area contributed by atoms with Crippen molar-refractivity contribution in [2.75, 3.05) is 0 Å². The molecule has 0 saturated heterocycles. The first-order valence-corrected chi connectivity index (χ1v) is 7.25. The van der Waals surface area contributed by atoms with Gasteiger partial charge >= 0.3 is 5.97 Å². The van der Waals surface area contributed by atoms with E-state index in [4.69, 9.17) is 23.2 Å². The van der Waals surface area contributed by atoms with Crippen LogP contribution in [0.1, 0.15) is 10.4 Å². The summed E-state index contributed by atoms with van der Waals surface area (Å²) in [6.45, 7) is 0. The Balaban J connectivity index is 2.35. The first-order chi connectivity index (χ1) is 10.6. The summed E-state index contributed by atoms with van der Waals surface area (Å²) in [5, 5.41) is 11.4. The van der Waals surface area contributed by atoms with Gasteiger partial charge in [-0.15, -0.1) is 0 Å². The lowest BCUT2D eigenvalue weighted by Gasteiger charge is -2.07. The van der Waals surface area contributed by atoms with Gasteiger partial charge in [-0.3, -0.25) is 0 Å². The third kappa shape index (κ3) is 1.71. The highest BCUT2D eigenvalue weighted by molar-refractivity contribution is 6.46. The molecule has 0 atom stereocenters. The molecule has 0 aliphatic rings. The highest BCUT2D eigenvalue weighted by Crippen LogP contribution is 2.37. The Bertz CT molecular complexity index is 1090. The number of aromatic carboxylic acids is 1. The summed E-state index contributed by atoms with van der Waals surface area (Å²) in [4.78, 5) is 19.5. The standard InChI is InChI=1S/C16H8Cl2N2O2/c17-8-5-6-10-11(13(8)18)12(16(21)22)15-14(20-10)7-3-1-2-4-9(7)19-15/h1-6,19H,(H,21,22). The van der Waals surface area contributed by atoms with Crippen LogP contribution in [0.25, 0.3) is 32.8 Å². The van der Waals surface area contributed by atoms with Crippen molar-refractivity contribution < 1.29 is 9.90 Å². The molecule has 0 unspecified atom stereocenters.